The summed E-state index contributed by atoms with van der Waals surface area (Å²) in [5.74, 6) is 1.68. The highest BCUT2D eigenvalue weighted by Crippen LogP contribution is 2.24. The van der Waals surface area contributed by atoms with Gasteiger partial charge in [0.25, 0.3) is 0 Å². The molecule has 3 aromatic rings. The maximum atomic E-state index is 4.91. The lowest BCUT2D eigenvalue weighted by Crippen LogP contribution is -2.46. The molecule has 0 atom stereocenters. The van der Waals surface area contributed by atoms with Gasteiger partial charge in [-0.25, -0.2) is 4.98 Å². The van der Waals surface area contributed by atoms with Crippen LogP contribution in [0.4, 0.5) is 11.8 Å². The van der Waals surface area contributed by atoms with Crippen LogP contribution in [0.1, 0.15) is 18.1 Å². The van der Waals surface area contributed by atoms with Crippen LogP contribution in [-0.4, -0.2) is 47.6 Å². The number of rotatable bonds is 6. The van der Waals surface area contributed by atoms with Crippen molar-refractivity contribution in [3.8, 4) is 11.3 Å². The third kappa shape index (κ3) is 4.74. The number of nitrogens with zero attached hydrogens (tertiary/aromatic N) is 4. The van der Waals surface area contributed by atoms with Crippen LogP contribution >= 0.6 is 0 Å². The minimum atomic E-state index is 0.751. The topological polar surface area (TPSA) is 44.3 Å². The zero-order valence-electron chi connectivity index (χ0n) is 17.3. The summed E-state index contributed by atoms with van der Waals surface area (Å²) >= 11 is 0. The third-order valence-electron chi connectivity index (χ3n) is 5.61. The molecule has 1 aliphatic heterocycles. The second-order valence-electron chi connectivity index (χ2n) is 7.51. The molecule has 2 heterocycles. The van der Waals surface area contributed by atoms with Crippen LogP contribution in [0.3, 0.4) is 0 Å². The van der Waals surface area contributed by atoms with E-state index in [1.165, 1.54) is 11.1 Å². The van der Waals surface area contributed by atoms with E-state index in [9.17, 15) is 0 Å². The summed E-state index contributed by atoms with van der Waals surface area (Å²) in [6.45, 7) is 10.2. The fourth-order valence-corrected chi connectivity index (χ4v) is 3.68. The van der Waals surface area contributed by atoms with Crippen molar-refractivity contribution in [3.63, 3.8) is 0 Å². The van der Waals surface area contributed by atoms with Crippen molar-refractivity contribution in [2.45, 2.75) is 20.4 Å². The van der Waals surface area contributed by atoms with E-state index in [0.29, 0.717) is 0 Å². The number of likely N-dealkylation sites (N-methyl/N-ethyl adjacent to an activating group) is 1. The molecule has 0 spiro atoms. The first-order valence-electron chi connectivity index (χ1n) is 10.4. The maximum Gasteiger partial charge on any atom is 0.227 e. The number of anilines is 2. The number of benzene rings is 2. The number of nitrogens with one attached hydrogen (secondary N) is 1. The number of hydrogen-bond donors (Lipinski definition) is 1. The Morgan fingerprint density at radius 3 is 2.34 bits per heavy atom. The second kappa shape index (κ2) is 9.05. The van der Waals surface area contributed by atoms with Crippen molar-refractivity contribution < 1.29 is 0 Å². The molecule has 1 fully saturated rings. The Hall–Kier alpha value is -2.92. The molecule has 2 aromatic carbocycles. The van der Waals surface area contributed by atoms with E-state index >= 15 is 0 Å². The lowest BCUT2D eigenvalue weighted by atomic mass is 10.1. The Balaban J connectivity index is 1.61. The summed E-state index contributed by atoms with van der Waals surface area (Å²) in [7, 11) is 0. The average Bonchev–Trinajstić information content (AvgIpc) is 2.79. The molecule has 5 heteroatoms. The van der Waals surface area contributed by atoms with Crippen LogP contribution in [0.5, 0.6) is 0 Å². The fraction of sp³-hybridized carbons (Fsp3) is 0.333. The van der Waals surface area contributed by atoms with E-state index in [4.69, 9.17) is 9.97 Å². The first-order chi connectivity index (χ1) is 14.2. The Morgan fingerprint density at radius 1 is 0.897 bits per heavy atom. The number of piperazine rings is 1. The van der Waals surface area contributed by atoms with Crippen LogP contribution in [0.15, 0.2) is 60.7 Å². The smallest absolute Gasteiger partial charge is 0.227 e. The van der Waals surface area contributed by atoms with Crippen LogP contribution in [0.2, 0.25) is 0 Å². The minimum Gasteiger partial charge on any atom is -0.366 e. The molecule has 0 saturated carbocycles. The highest BCUT2D eigenvalue weighted by molar-refractivity contribution is 5.64. The van der Waals surface area contributed by atoms with Gasteiger partial charge in [0.2, 0.25) is 5.95 Å². The molecular weight excluding hydrogens is 358 g/mol. The maximum absolute atomic E-state index is 4.91. The summed E-state index contributed by atoms with van der Waals surface area (Å²) in [4.78, 5) is 14.5. The lowest BCUT2D eigenvalue weighted by molar-refractivity contribution is 0.270. The van der Waals surface area contributed by atoms with Gasteiger partial charge in [0.05, 0.1) is 5.69 Å². The second-order valence-corrected chi connectivity index (χ2v) is 7.51. The van der Waals surface area contributed by atoms with Crippen LogP contribution < -0.4 is 10.2 Å². The lowest BCUT2D eigenvalue weighted by Gasteiger charge is -2.34. The Bertz CT molecular complexity index is 933. The normalized spacial score (nSPS) is 14.8. The first-order valence-corrected chi connectivity index (χ1v) is 10.4. The van der Waals surface area contributed by atoms with Crippen LogP contribution in [-0.2, 0) is 6.54 Å². The number of hydrogen-bond acceptors (Lipinski definition) is 5. The van der Waals surface area contributed by atoms with E-state index in [-0.39, 0.29) is 0 Å². The Labute approximate surface area is 173 Å². The molecule has 4 rings (SSSR count). The van der Waals surface area contributed by atoms with E-state index < -0.39 is 0 Å². The number of aromatic nitrogens is 2. The van der Waals surface area contributed by atoms with Crippen molar-refractivity contribution in [1.29, 1.82) is 0 Å². The van der Waals surface area contributed by atoms with Gasteiger partial charge in [-0.05, 0) is 24.6 Å². The molecule has 5 nitrogen and oxygen atoms in total. The molecule has 1 aliphatic rings. The van der Waals surface area contributed by atoms with Gasteiger partial charge in [-0.1, -0.05) is 61.5 Å². The zero-order chi connectivity index (χ0) is 20.1. The van der Waals surface area contributed by atoms with Crippen molar-refractivity contribution in [2.75, 3.05) is 42.9 Å². The monoisotopic (exact) mass is 387 g/mol. The summed E-state index contributed by atoms with van der Waals surface area (Å²) in [6.07, 6.45) is 0. The fourth-order valence-electron chi connectivity index (χ4n) is 3.68. The summed E-state index contributed by atoms with van der Waals surface area (Å²) < 4.78 is 0. The summed E-state index contributed by atoms with van der Waals surface area (Å²) in [5.41, 5.74) is 4.64. The predicted octanol–water partition coefficient (Wildman–Crippen LogP) is 4.21. The van der Waals surface area contributed by atoms with E-state index in [1.807, 2.05) is 6.07 Å². The molecule has 150 valence electrons. The van der Waals surface area contributed by atoms with E-state index in [0.717, 1.165) is 62.3 Å². The highest BCUT2D eigenvalue weighted by atomic mass is 15.3. The minimum absolute atomic E-state index is 0.751. The van der Waals surface area contributed by atoms with Crippen LogP contribution in [0, 0.1) is 6.92 Å². The third-order valence-corrected chi connectivity index (χ3v) is 5.61. The molecule has 1 aromatic heterocycles. The Morgan fingerprint density at radius 2 is 1.62 bits per heavy atom. The van der Waals surface area contributed by atoms with Gasteiger partial charge < -0.3 is 15.1 Å². The summed E-state index contributed by atoms with van der Waals surface area (Å²) in [5, 5.41) is 3.52. The van der Waals surface area contributed by atoms with Gasteiger partial charge in [0, 0.05) is 44.4 Å². The predicted molar refractivity (Wildman–Crippen MR) is 120 cm³/mol. The molecule has 1 saturated heterocycles. The van der Waals surface area contributed by atoms with E-state index in [1.54, 1.807) is 0 Å². The molecule has 1 N–H and O–H groups in total. The largest absolute Gasteiger partial charge is 0.366 e. The molecular formula is C24H29N5. The van der Waals surface area contributed by atoms with Gasteiger partial charge in [-0.2, -0.15) is 4.98 Å². The SMILES string of the molecule is CCN1CCN(c2nc(NCc3ccccc3C)cc(-c3ccccc3)n2)CC1. The Kier molecular flexibility index (Phi) is 6.06. The van der Waals surface area contributed by atoms with Gasteiger partial charge in [0.15, 0.2) is 0 Å². The highest BCUT2D eigenvalue weighted by Gasteiger charge is 2.19. The van der Waals surface area contributed by atoms with E-state index in [2.05, 4.69) is 83.6 Å². The van der Waals surface area contributed by atoms with Gasteiger partial charge >= 0.3 is 0 Å². The molecule has 29 heavy (non-hydrogen) atoms. The molecule has 0 radical (unpaired) electrons. The van der Waals surface area contributed by atoms with Crippen molar-refractivity contribution in [2.24, 2.45) is 0 Å². The first kappa shape index (κ1) is 19.4. The standard InChI is InChI=1S/C24H29N5/c1-3-28-13-15-29(16-14-28)24-26-22(20-10-5-4-6-11-20)17-23(27-24)25-18-21-12-8-7-9-19(21)2/h4-12,17H,3,13-16,18H2,1-2H3,(H,25,26,27). The van der Waals surface area contributed by atoms with Crippen molar-refractivity contribution >= 4 is 11.8 Å². The zero-order valence-corrected chi connectivity index (χ0v) is 17.3. The van der Waals surface area contributed by atoms with Gasteiger partial charge in [-0.3, -0.25) is 0 Å². The average molecular weight is 388 g/mol. The van der Waals surface area contributed by atoms with Gasteiger partial charge in [-0.15, -0.1) is 0 Å². The van der Waals surface area contributed by atoms with Crippen LogP contribution in [0.25, 0.3) is 11.3 Å². The number of aryl methyl sites for hydroxylation is 1. The summed E-state index contributed by atoms with van der Waals surface area (Å²) in [6, 6.07) is 20.9. The van der Waals surface area contributed by atoms with Gasteiger partial charge in [0.1, 0.15) is 5.82 Å². The quantitative estimate of drug-likeness (QED) is 0.687. The molecule has 0 amide bonds. The molecule has 0 aliphatic carbocycles. The van der Waals surface area contributed by atoms with Crippen molar-refractivity contribution in [1.82, 2.24) is 14.9 Å². The van der Waals surface area contributed by atoms with Crippen molar-refractivity contribution in [3.05, 3.63) is 71.8 Å². The molecule has 0 bridgehead atoms. The molecule has 0 unspecified atom stereocenters.